The third-order valence-corrected chi connectivity index (χ3v) is 7.85. The van der Waals surface area contributed by atoms with Crippen LogP contribution in [0.25, 0.3) is 22.6 Å². The molecule has 0 amide bonds. The van der Waals surface area contributed by atoms with Crippen molar-refractivity contribution in [2.75, 3.05) is 51.4 Å². The highest BCUT2D eigenvalue weighted by atomic mass is 35.5. The fourth-order valence-electron chi connectivity index (χ4n) is 5.22. The molecule has 0 saturated carbocycles. The second-order valence-electron chi connectivity index (χ2n) is 10.7. The van der Waals surface area contributed by atoms with Gasteiger partial charge in [-0.3, -0.25) is 4.99 Å². The Morgan fingerprint density at radius 2 is 2.02 bits per heavy atom. The van der Waals surface area contributed by atoms with Crippen LogP contribution in [0.15, 0.2) is 39.0 Å². The molecule has 4 N–H and O–H groups in total. The van der Waals surface area contributed by atoms with Gasteiger partial charge in [0.05, 0.1) is 34.6 Å². The van der Waals surface area contributed by atoms with E-state index in [1.54, 1.807) is 25.2 Å². The number of aryl methyl sites for hydroxylation is 2. The van der Waals surface area contributed by atoms with Crippen LogP contribution < -0.4 is 20.7 Å². The van der Waals surface area contributed by atoms with E-state index in [0.29, 0.717) is 53.2 Å². The number of aliphatic imine (C=N–C) groups is 1. The van der Waals surface area contributed by atoms with E-state index in [9.17, 15) is 5.11 Å². The number of aliphatic hydroxyl groups is 1. The Morgan fingerprint density at radius 3 is 2.74 bits per heavy atom. The number of halogens is 1. The summed E-state index contributed by atoms with van der Waals surface area (Å²) in [4.78, 5) is 16.9. The molecule has 2 aromatic heterocycles. The molecule has 2 aliphatic rings. The minimum absolute atomic E-state index is 0.128. The molecule has 1 saturated heterocycles. The second-order valence-corrected chi connectivity index (χ2v) is 11.1. The average Bonchev–Trinajstić information content (AvgIpc) is 3.52. The van der Waals surface area contributed by atoms with Crippen molar-refractivity contribution >= 4 is 23.6 Å². The molecule has 0 unspecified atom stereocenters. The van der Waals surface area contributed by atoms with Crippen molar-refractivity contribution in [2.45, 2.75) is 45.8 Å². The monoisotopic (exact) mass is 595 g/mol. The molecular weight excluding hydrogens is 558 g/mol. The number of rotatable bonds is 10. The van der Waals surface area contributed by atoms with Gasteiger partial charge in [0.1, 0.15) is 30.0 Å². The molecule has 12 heteroatoms. The van der Waals surface area contributed by atoms with Crippen molar-refractivity contribution < 1.29 is 19.1 Å². The topological polar surface area (TPSA) is 144 Å². The van der Waals surface area contributed by atoms with E-state index in [1.807, 2.05) is 27.0 Å². The lowest BCUT2D eigenvalue weighted by atomic mass is 10.0. The van der Waals surface area contributed by atoms with Crippen LogP contribution in [0, 0.1) is 20.8 Å². The molecule has 1 atom stereocenters. The van der Waals surface area contributed by atoms with Gasteiger partial charge < -0.3 is 35.1 Å². The zero-order chi connectivity index (χ0) is 29.8. The zero-order valence-electron chi connectivity index (χ0n) is 24.5. The standard InChI is InChI=1S/C30H38ClN7O4/c1-17-28(27-18(2)37-42-19(27)3)35-29(24-11-23(5-6-25(24)31)41-16-22(39)13-33-4)36-30(17)38-14-20(26(32)15-38)12-34-21-7-9-40-10-8-21/h5-6,11-12,21-22,33,39H,7-10,13-16,32H2,1-4H3/t22-/m1/s1. The molecule has 5 rings (SSSR count). The lowest BCUT2D eigenvalue weighted by molar-refractivity contribution is 0.0872. The number of likely N-dealkylation sites (N-methyl/N-ethyl adjacent to an activating group) is 1. The van der Waals surface area contributed by atoms with Crippen LogP contribution in [-0.4, -0.2) is 85.1 Å². The minimum Gasteiger partial charge on any atom is -0.491 e. The van der Waals surface area contributed by atoms with E-state index in [1.165, 1.54) is 0 Å². The molecule has 224 valence electrons. The van der Waals surface area contributed by atoms with Crippen molar-refractivity contribution in [3.63, 3.8) is 0 Å². The molecule has 0 spiro atoms. The first kappa shape index (κ1) is 30.0. The van der Waals surface area contributed by atoms with Gasteiger partial charge in [0.25, 0.3) is 0 Å². The normalized spacial score (nSPS) is 17.0. The molecule has 1 fully saturated rings. The number of nitrogens with one attached hydrogen (secondary N) is 1. The fourth-order valence-corrected chi connectivity index (χ4v) is 5.43. The molecule has 1 aromatic carbocycles. The van der Waals surface area contributed by atoms with Crippen molar-refractivity contribution in [3.8, 4) is 28.4 Å². The highest BCUT2D eigenvalue weighted by molar-refractivity contribution is 6.33. The summed E-state index contributed by atoms with van der Waals surface area (Å²) in [6.07, 6.45) is 3.10. The summed E-state index contributed by atoms with van der Waals surface area (Å²) < 4.78 is 16.8. The van der Waals surface area contributed by atoms with E-state index in [-0.39, 0.29) is 12.6 Å². The highest BCUT2D eigenvalue weighted by Crippen LogP contribution is 2.38. The van der Waals surface area contributed by atoms with Gasteiger partial charge in [-0.25, -0.2) is 9.97 Å². The number of aromatic nitrogens is 3. The summed E-state index contributed by atoms with van der Waals surface area (Å²) in [5.74, 6) is 2.38. The minimum atomic E-state index is -0.653. The molecule has 4 heterocycles. The van der Waals surface area contributed by atoms with Gasteiger partial charge >= 0.3 is 0 Å². The lowest BCUT2D eigenvalue weighted by Crippen LogP contribution is -2.29. The van der Waals surface area contributed by atoms with Crippen LogP contribution in [0.4, 0.5) is 5.82 Å². The SMILES string of the molecule is CNC[C@@H](O)COc1ccc(Cl)c(-c2nc(-c3c(C)noc3C)c(C)c(N3CC(N)=C(C=NC4CCOCC4)C3)n2)c1. The largest absolute Gasteiger partial charge is 0.491 e. The highest BCUT2D eigenvalue weighted by Gasteiger charge is 2.27. The summed E-state index contributed by atoms with van der Waals surface area (Å²) in [6, 6.07) is 5.55. The van der Waals surface area contributed by atoms with Crippen molar-refractivity contribution in [3.05, 3.63) is 51.5 Å². The third-order valence-electron chi connectivity index (χ3n) is 7.52. The molecule has 42 heavy (non-hydrogen) atoms. The summed E-state index contributed by atoms with van der Waals surface area (Å²) >= 11 is 6.70. The summed E-state index contributed by atoms with van der Waals surface area (Å²) in [7, 11) is 1.78. The maximum absolute atomic E-state index is 10.1. The van der Waals surface area contributed by atoms with E-state index >= 15 is 0 Å². The first-order valence-electron chi connectivity index (χ1n) is 14.2. The van der Waals surface area contributed by atoms with Gasteiger partial charge in [-0.05, 0) is 58.9 Å². The smallest absolute Gasteiger partial charge is 0.163 e. The predicted molar refractivity (Wildman–Crippen MR) is 163 cm³/mol. The Kier molecular flexibility index (Phi) is 9.42. The number of ether oxygens (including phenoxy) is 2. The average molecular weight is 596 g/mol. The van der Waals surface area contributed by atoms with Crippen LogP contribution in [0.1, 0.15) is 29.9 Å². The fraction of sp³-hybridized carbons (Fsp3) is 0.467. The number of nitrogens with two attached hydrogens (primary N) is 1. The molecule has 0 bridgehead atoms. The Balaban J connectivity index is 1.51. The first-order valence-corrected chi connectivity index (χ1v) is 14.5. The zero-order valence-corrected chi connectivity index (χ0v) is 25.2. The number of hydrogen-bond acceptors (Lipinski definition) is 11. The Hall–Kier alpha value is -3.51. The second kappa shape index (κ2) is 13.2. The Morgan fingerprint density at radius 1 is 1.24 bits per heavy atom. The molecule has 3 aromatic rings. The van der Waals surface area contributed by atoms with Gasteiger partial charge in [-0.15, -0.1) is 0 Å². The quantitative estimate of drug-likeness (QED) is 0.297. The number of anilines is 1. The molecule has 0 aliphatic carbocycles. The lowest BCUT2D eigenvalue weighted by Gasteiger charge is -2.22. The van der Waals surface area contributed by atoms with Crippen LogP contribution in [0.3, 0.4) is 0 Å². The van der Waals surface area contributed by atoms with E-state index in [4.69, 9.17) is 46.3 Å². The summed E-state index contributed by atoms with van der Waals surface area (Å²) in [6.45, 7) is 8.85. The van der Waals surface area contributed by atoms with Crippen LogP contribution in [-0.2, 0) is 4.74 Å². The maximum Gasteiger partial charge on any atom is 0.163 e. The van der Waals surface area contributed by atoms with E-state index in [2.05, 4.69) is 15.4 Å². The van der Waals surface area contributed by atoms with Crippen molar-refractivity contribution in [1.29, 1.82) is 0 Å². The van der Waals surface area contributed by atoms with Gasteiger partial charge in [-0.2, -0.15) is 0 Å². The summed E-state index contributed by atoms with van der Waals surface area (Å²) in [5.41, 5.74) is 12.0. The number of benzene rings is 1. The molecule has 11 nitrogen and oxygen atoms in total. The molecular formula is C30H38ClN7O4. The number of nitrogens with zero attached hydrogens (tertiary/aromatic N) is 5. The van der Waals surface area contributed by atoms with Gasteiger partial charge in [-0.1, -0.05) is 16.8 Å². The predicted octanol–water partition coefficient (Wildman–Crippen LogP) is 3.62. The van der Waals surface area contributed by atoms with Crippen molar-refractivity contribution in [1.82, 2.24) is 20.4 Å². The van der Waals surface area contributed by atoms with Crippen LogP contribution >= 0.6 is 11.6 Å². The third kappa shape index (κ3) is 6.59. The molecule has 0 radical (unpaired) electrons. The van der Waals surface area contributed by atoms with Gasteiger partial charge in [0, 0.05) is 54.9 Å². The number of aliphatic hydroxyl groups excluding tert-OH is 1. The maximum atomic E-state index is 10.1. The Labute approximate surface area is 250 Å². The van der Waals surface area contributed by atoms with Gasteiger partial charge in [0.2, 0.25) is 0 Å². The van der Waals surface area contributed by atoms with E-state index in [0.717, 1.165) is 60.0 Å². The number of hydrogen-bond donors (Lipinski definition) is 3. The van der Waals surface area contributed by atoms with Crippen LogP contribution in [0.5, 0.6) is 5.75 Å². The van der Waals surface area contributed by atoms with Crippen molar-refractivity contribution in [2.24, 2.45) is 10.7 Å². The first-order chi connectivity index (χ1) is 20.2. The van der Waals surface area contributed by atoms with Crippen LogP contribution in [0.2, 0.25) is 5.02 Å². The Bertz CT molecular complexity index is 1460. The summed E-state index contributed by atoms with van der Waals surface area (Å²) in [5, 5.41) is 17.7. The van der Waals surface area contributed by atoms with E-state index < -0.39 is 6.10 Å². The van der Waals surface area contributed by atoms with Gasteiger partial charge in [0.15, 0.2) is 5.82 Å². The molecule has 2 aliphatic heterocycles.